The Morgan fingerprint density at radius 2 is 1.58 bits per heavy atom. The molecule has 1 aromatic heterocycles. The van der Waals surface area contributed by atoms with Crippen LogP contribution in [-0.2, 0) is 11.8 Å². The number of halogens is 1. The number of pyridine rings is 1. The van der Waals surface area contributed by atoms with Gasteiger partial charge in [-0.1, -0.05) is 45.0 Å². The lowest BCUT2D eigenvalue weighted by atomic mass is 9.86. The maximum atomic E-state index is 6.49. The normalized spacial score (nSPS) is 13.3. The molecule has 1 aromatic carbocycles. The molecule has 2 rings (SSSR count). The second-order valence-electron chi connectivity index (χ2n) is 5.90. The number of hydrogen-bond acceptors (Lipinski definition) is 1. The van der Waals surface area contributed by atoms with E-state index >= 15 is 0 Å². The summed E-state index contributed by atoms with van der Waals surface area (Å²) in [5.41, 5.74) is 3.91. The summed E-state index contributed by atoms with van der Waals surface area (Å²) in [5.74, 6) is 0. The lowest BCUT2D eigenvalue weighted by Gasteiger charge is -2.20. The van der Waals surface area contributed by atoms with Gasteiger partial charge in [-0.15, -0.1) is 11.6 Å². The first-order valence-electron chi connectivity index (χ1n) is 6.60. The summed E-state index contributed by atoms with van der Waals surface area (Å²) in [6, 6.07) is 12.7. The molecule has 0 aliphatic carbocycles. The molecule has 0 N–H and O–H groups in total. The SMILES string of the molecule is CC(C)(C)c1ccc(C(Cl)Cc2ccncc2)cc1. The summed E-state index contributed by atoms with van der Waals surface area (Å²) in [7, 11) is 0. The Kier molecular flexibility index (Phi) is 4.26. The van der Waals surface area contributed by atoms with Gasteiger partial charge in [0.25, 0.3) is 0 Å². The van der Waals surface area contributed by atoms with Crippen molar-refractivity contribution in [3.05, 3.63) is 65.5 Å². The maximum absolute atomic E-state index is 6.49. The predicted octanol–water partition coefficient (Wildman–Crippen LogP) is 4.90. The van der Waals surface area contributed by atoms with Gasteiger partial charge in [0.15, 0.2) is 0 Å². The van der Waals surface area contributed by atoms with E-state index in [9.17, 15) is 0 Å². The van der Waals surface area contributed by atoms with Crippen molar-refractivity contribution in [1.82, 2.24) is 4.98 Å². The van der Waals surface area contributed by atoms with E-state index < -0.39 is 0 Å². The van der Waals surface area contributed by atoms with Crippen LogP contribution in [0.4, 0.5) is 0 Å². The summed E-state index contributed by atoms with van der Waals surface area (Å²) in [4.78, 5) is 4.02. The number of rotatable bonds is 3. The van der Waals surface area contributed by atoms with Crippen molar-refractivity contribution in [2.75, 3.05) is 0 Å². The Bertz CT molecular complexity index is 511. The van der Waals surface area contributed by atoms with Gasteiger partial charge in [-0.05, 0) is 40.7 Å². The van der Waals surface area contributed by atoms with Gasteiger partial charge in [0.2, 0.25) is 0 Å². The molecular weight excluding hydrogens is 254 g/mol. The van der Waals surface area contributed by atoms with Gasteiger partial charge >= 0.3 is 0 Å². The minimum Gasteiger partial charge on any atom is -0.265 e. The Labute approximate surface area is 120 Å². The summed E-state index contributed by atoms with van der Waals surface area (Å²) >= 11 is 6.49. The maximum Gasteiger partial charge on any atom is 0.0625 e. The van der Waals surface area contributed by atoms with Crippen LogP contribution in [0.5, 0.6) is 0 Å². The highest BCUT2D eigenvalue weighted by atomic mass is 35.5. The van der Waals surface area contributed by atoms with Gasteiger partial charge in [-0.3, -0.25) is 4.98 Å². The third kappa shape index (κ3) is 3.81. The molecule has 0 fully saturated rings. The van der Waals surface area contributed by atoms with Crippen molar-refractivity contribution in [3.63, 3.8) is 0 Å². The number of alkyl halides is 1. The Hall–Kier alpha value is -1.34. The molecule has 0 bridgehead atoms. The van der Waals surface area contributed by atoms with Crippen LogP contribution >= 0.6 is 11.6 Å². The number of benzene rings is 1. The molecule has 0 saturated heterocycles. The van der Waals surface area contributed by atoms with Crippen molar-refractivity contribution in [1.29, 1.82) is 0 Å². The highest BCUT2D eigenvalue weighted by Crippen LogP contribution is 2.28. The van der Waals surface area contributed by atoms with Crippen LogP contribution in [0.3, 0.4) is 0 Å². The second-order valence-corrected chi connectivity index (χ2v) is 6.43. The molecule has 1 nitrogen and oxygen atoms in total. The number of hydrogen-bond donors (Lipinski definition) is 0. The van der Waals surface area contributed by atoms with Gasteiger partial charge in [-0.2, -0.15) is 0 Å². The van der Waals surface area contributed by atoms with Crippen molar-refractivity contribution in [2.24, 2.45) is 0 Å². The topological polar surface area (TPSA) is 12.9 Å². The van der Waals surface area contributed by atoms with Crippen molar-refractivity contribution in [2.45, 2.75) is 38.0 Å². The molecule has 2 aromatic rings. The lowest BCUT2D eigenvalue weighted by molar-refractivity contribution is 0.590. The molecule has 1 heterocycles. The molecular formula is C17H20ClN. The van der Waals surface area contributed by atoms with Gasteiger partial charge < -0.3 is 0 Å². The van der Waals surface area contributed by atoms with E-state index in [4.69, 9.17) is 11.6 Å². The number of nitrogens with zero attached hydrogens (tertiary/aromatic N) is 1. The van der Waals surface area contributed by atoms with Crippen molar-refractivity contribution < 1.29 is 0 Å². The summed E-state index contributed by atoms with van der Waals surface area (Å²) in [6.07, 6.45) is 4.45. The van der Waals surface area contributed by atoms with Gasteiger partial charge in [0.1, 0.15) is 0 Å². The first-order chi connectivity index (χ1) is 8.97. The second kappa shape index (κ2) is 5.75. The van der Waals surface area contributed by atoms with Crippen LogP contribution in [-0.4, -0.2) is 4.98 Å². The standard InChI is InChI=1S/C17H20ClN/c1-17(2,3)15-6-4-14(5-7-15)16(18)12-13-8-10-19-11-9-13/h4-11,16H,12H2,1-3H3. The molecule has 0 aliphatic heterocycles. The number of aromatic nitrogens is 1. The van der Waals surface area contributed by atoms with E-state index in [1.54, 1.807) is 0 Å². The third-order valence-corrected chi connectivity index (χ3v) is 3.71. The molecule has 1 unspecified atom stereocenters. The predicted molar refractivity (Wildman–Crippen MR) is 81.7 cm³/mol. The molecule has 2 heteroatoms. The monoisotopic (exact) mass is 273 g/mol. The molecule has 0 saturated carbocycles. The molecule has 1 atom stereocenters. The van der Waals surface area contributed by atoms with E-state index in [2.05, 4.69) is 50.0 Å². The van der Waals surface area contributed by atoms with E-state index in [-0.39, 0.29) is 10.8 Å². The first-order valence-corrected chi connectivity index (χ1v) is 7.04. The van der Waals surface area contributed by atoms with Gasteiger partial charge in [-0.25, -0.2) is 0 Å². The smallest absolute Gasteiger partial charge is 0.0625 e. The Morgan fingerprint density at radius 3 is 2.11 bits per heavy atom. The van der Waals surface area contributed by atoms with Crippen LogP contribution in [0.25, 0.3) is 0 Å². The third-order valence-electron chi connectivity index (χ3n) is 3.30. The van der Waals surface area contributed by atoms with Crippen LogP contribution < -0.4 is 0 Å². The molecule has 0 aliphatic rings. The van der Waals surface area contributed by atoms with E-state index in [0.717, 1.165) is 6.42 Å². The molecule has 0 spiro atoms. The Balaban J connectivity index is 2.10. The van der Waals surface area contributed by atoms with Crippen LogP contribution in [0, 0.1) is 0 Å². The summed E-state index contributed by atoms with van der Waals surface area (Å²) in [5, 5.41) is 0.0106. The Morgan fingerprint density at radius 1 is 1.00 bits per heavy atom. The summed E-state index contributed by atoms with van der Waals surface area (Å²) < 4.78 is 0. The molecule has 0 radical (unpaired) electrons. The first kappa shape index (κ1) is 14.1. The summed E-state index contributed by atoms with van der Waals surface area (Å²) in [6.45, 7) is 6.66. The van der Waals surface area contributed by atoms with Gasteiger partial charge in [0, 0.05) is 12.4 Å². The van der Waals surface area contributed by atoms with Crippen LogP contribution in [0.2, 0.25) is 0 Å². The fourth-order valence-electron chi connectivity index (χ4n) is 2.04. The minimum atomic E-state index is 0.0106. The quantitative estimate of drug-likeness (QED) is 0.725. The van der Waals surface area contributed by atoms with E-state index in [0.29, 0.717) is 0 Å². The van der Waals surface area contributed by atoms with Crippen LogP contribution in [0.1, 0.15) is 42.8 Å². The molecule has 100 valence electrons. The van der Waals surface area contributed by atoms with Gasteiger partial charge in [0.05, 0.1) is 5.38 Å². The van der Waals surface area contributed by atoms with Crippen LogP contribution in [0.15, 0.2) is 48.8 Å². The zero-order valence-electron chi connectivity index (χ0n) is 11.7. The van der Waals surface area contributed by atoms with Crippen molar-refractivity contribution in [3.8, 4) is 0 Å². The lowest BCUT2D eigenvalue weighted by Crippen LogP contribution is -2.10. The highest BCUT2D eigenvalue weighted by Gasteiger charge is 2.14. The van der Waals surface area contributed by atoms with E-state index in [1.807, 2.05) is 24.5 Å². The molecule has 19 heavy (non-hydrogen) atoms. The minimum absolute atomic E-state index is 0.0106. The fraction of sp³-hybridized carbons (Fsp3) is 0.353. The average molecular weight is 274 g/mol. The van der Waals surface area contributed by atoms with Crippen molar-refractivity contribution >= 4 is 11.6 Å². The average Bonchev–Trinajstić information content (AvgIpc) is 2.39. The largest absolute Gasteiger partial charge is 0.265 e. The fourth-order valence-corrected chi connectivity index (χ4v) is 2.36. The van der Waals surface area contributed by atoms with E-state index in [1.165, 1.54) is 16.7 Å². The molecule has 0 amide bonds. The zero-order chi connectivity index (χ0) is 13.9. The zero-order valence-corrected chi connectivity index (χ0v) is 12.5. The highest BCUT2D eigenvalue weighted by molar-refractivity contribution is 6.20.